The number of nitrogen functional groups attached to an aromatic ring is 2. The molecule has 2 aliphatic heterocycles. The van der Waals surface area contributed by atoms with E-state index in [0.29, 0.717) is 6.54 Å². The maximum absolute atomic E-state index is 10.9. The van der Waals surface area contributed by atoms with Crippen molar-refractivity contribution < 1.29 is 21.5 Å². The number of nitrogens with zero attached hydrogens (tertiary/aromatic N) is 4. The maximum atomic E-state index is 10.9. The number of anilines is 3. The molecule has 0 radical (unpaired) electrons. The van der Waals surface area contributed by atoms with Gasteiger partial charge < -0.3 is 21.1 Å². The van der Waals surface area contributed by atoms with Crippen LogP contribution in [0.25, 0.3) is 0 Å². The molecular formula is C7H10N6O5S. The summed E-state index contributed by atoms with van der Waals surface area (Å²) in [6.07, 6.45) is 0. The van der Waals surface area contributed by atoms with Crippen LogP contribution in [0.5, 0.6) is 0 Å². The first kappa shape index (κ1) is 12.3. The number of ether oxygens (including phenoxy) is 1. The fraction of sp³-hybridized carbons (Fsp3) is 0.571. The van der Waals surface area contributed by atoms with Crippen molar-refractivity contribution in [3.63, 3.8) is 0 Å². The normalized spacial score (nSPS) is 24.1. The average molecular weight is 290 g/mol. The van der Waals surface area contributed by atoms with Crippen molar-refractivity contribution in [3.05, 3.63) is 0 Å². The summed E-state index contributed by atoms with van der Waals surface area (Å²) in [7, 11) is -3.97. The number of hydrogen-bond donors (Lipinski definition) is 2. The predicted molar refractivity (Wildman–Crippen MR) is 60.6 cm³/mol. The zero-order chi connectivity index (χ0) is 13.7. The van der Waals surface area contributed by atoms with Gasteiger partial charge in [-0.2, -0.15) is 31.7 Å². The van der Waals surface area contributed by atoms with Crippen LogP contribution >= 0.6 is 0 Å². The van der Waals surface area contributed by atoms with E-state index in [2.05, 4.69) is 23.3 Å². The fourth-order valence-electron chi connectivity index (χ4n) is 1.80. The van der Waals surface area contributed by atoms with Crippen LogP contribution in [0.2, 0.25) is 0 Å². The highest BCUT2D eigenvalue weighted by Crippen LogP contribution is 2.35. The van der Waals surface area contributed by atoms with Crippen molar-refractivity contribution in [1.82, 2.24) is 15.0 Å². The summed E-state index contributed by atoms with van der Waals surface area (Å²) in [5.41, 5.74) is 10.9. The van der Waals surface area contributed by atoms with E-state index in [4.69, 9.17) is 16.2 Å². The molecule has 0 unspecified atom stereocenters. The summed E-state index contributed by atoms with van der Waals surface area (Å²) in [5.74, 6) is -1.52. The highest BCUT2D eigenvalue weighted by molar-refractivity contribution is 7.82. The topological polar surface area (TPSA) is 156 Å². The minimum atomic E-state index is -3.97. The van der Waals surface area contributed by atoms with Gasteiger partial charge in [0.25, 0.3) is 0 Å². The van der Waals surface area contributed by atoms with E-state index in [1.807, 2.05) is 0 Å². The largest absolute Gasteiger partial charge is 0.409 e. The van der Waals surface area contributed by atoms with Crippen molar-refractivity contribution in [2.45, 2.75) is 5.97 Å². The molecule has 12 heteroatoms. The molecule has 0 amide bonds. The van der Waals surface area contributed by atoms with Gasteiger partial charge in [0.1, 0.15) is 6.54 Å². The van der Waals surface area contributed by atoms with E-state index in [0.717, 1.165) is 0 Å². The van der Waals surface area contributed by atoms with Gasteiger partial charge in [-0.05, 0) is 0 Å². The van der Waals surface area contributed by atoms with Crippen molar-refractivity contribution in [2.24, 2.45) is 0 Å². The van der Waals surface area contributed by atoms with E-state index in [1.165, 1.54) is 0 Å². The Balaban J connectivity index is 1.82. The summed E-state index contributed by atoms with van der Waals surface area (Å²) in [4.78, 5) is 13.0. The Bertz CT molecular complexity index is 588. The van der Waals surface area contributed by atoms with Gasteiger partial charge in [0.05, 0.1) is 6.61 Å². The molecule has 0 saturated carbocycles. The van der Waals surface area contributed by atoms with E-state index in [9.17, 15) is 8.42 Å². The number of nitrogens with two attached hydrogens (primary N) is 2. The molecule has 1 aromatic heterocycles. The SMILES string of the molecule is Nc1nc(N)nc(N2CCOC3(C2)OS(=O)(=O)O3)n1. The monoisotopic (exact) mass is 290 g/mol. The molecule has 2 aliphatic rings. The first-order valence-electron chi connectivity index (χ1n) is 5.20. The van der Waals surface area contributed by atoms with Gasteiger partial charge in [-0.1, -0.05) is 0 Å². The van der Waals surface area contributed by atoms with Crippen LogP contribution < -0.4 is 16.4 Å². The van der Waals surface area contributed by atoms with Gasteiger partial charge in [0.15, 0.2) is 0 Å². The van der Waals surface area contributed by atoms with E-state index in [1.54, 1.807) is 4.90 Å². The molecule has 4 N–H and O–H groups in total. The van der Waals surface area contributed by atoms with Gasteiger partial charge in [-0.3, -0.25) is 0 Å². The van der Waals surface area contributed by atoms with Crippen LogP contribution in [-0.4, -0.2) is 49.0 Å². The first-order chi connectivity index (χ1) is 8.88. The lowest BCUT2D eigenvalue weighted by atomic mass is 10.4. The van der Waals surface area contributed by atoms with Crippen molar-refractivity contribution >= 4 is 28.2 Å². The molecule has 2 saturated heterocycles. The molecule has 19 heavy (non-hydrogen) atoms. The van der Waals surface area contributed by atoms with E-state index < -0.39 is 16.4 Å². The smallest absolute Gasteiger partial charge is 0.368 e. The minimum Gasteiger partial charge on any atom is -0.368 e. The van der Waals surface area contributed by atoms with Crippen LogP contribution in [0.3, 0.4) is 0 Å². The summed E-state index contributed by atoms with van der Waals surface area (Å²) >= 11 is 0. The number of rotatable bonds is 1. The Hall–Kier alpha value is -1.76. The minimum absolute atomic E-state index is 0.0326. The van der Waals surface area contributed by atoms with Crippen LogP contribution in [0.15, 0.2) is 0 Å². The lowest BCUT2D eigenvalue weighted by molar-refractivity contribution is -0.350. The molecule has 0 bridgehead atoms. The third kappa shape index (κ3) is 2.25. The van der Waals surface area contributed by atoms with Gasteiger partial charge >= 0.3 is 16.4 Å². The van der Waals surface area contributed by atoms with E-state index >= 15 is 0 Å². The molecule has 1 aromatic rings. The molecule has 2 fully saturated rings. The zero-order valence-electron chi connectivity index (χ0n) is 9.51. The molecule has 104 valence electrons. The Labute approximate surface area is 107 Å². The molecular weight excluding hydrogens is 280 g/mol. The zero-order valence-corrected chi connectivity index (χ0v) is 10.3. The van der Waals surface area contributed by atoms with Crippen molar-refractivity contribution in [2.75, 3.05) is 36.1 Å². The second-order valence-corrected chi connectivity index (χ2v) is 5.03. The van der Waals surface area contributed by atoms with Crippen LogP contribution in [0, 0.1) is 0 Å². The number of hydrogen-bond acceptors (Lipinski definition) is 11. The fourth-order valence-corrected chi connectivity index (χ4v) is 2.63. The molecule has 0 aromatic carbocycles. The Morgan fingerprint density at radius 2 is 1.79 bits per heavy atom. The van der Waals surface area contributed by atoms with Crippen LogP contribution in [-0.2, 0) is 23.5 Å². The molecule has 0 aliphatic carbocycles. The second kappa shape index (κ2) is 3.86. The van der Waals surface area contributed by atoms with Crippen molar-refractivity contribution in [1.29, 1.82) is 0 Å². The third-order valence-electron chi connectivity index (χ3n) is 2.47. The van der Waals surface area contributed by atoms with Gasteiger partial charge in [0, 0.05) is 6.54 Å². The maximum Gasteiger partial charge on any atom is 0.409 e. The third-order valence-corrected chi connectivity index (χ3v) is 3.38. The lowest BCUT2D eigenvalue weighted by Gasteiger charge is -2.44. The van der Waals surface area contributed by atoms with Crippen LogP contribution in [0.1, 0.15) is 0 Å². The van der Waals surface area contributed by atoms with Gasteiger partial charge in [0.2, 0.25) is 17.8 Å². The Morgan fingerprint density at radius 3 is 2.37 bits per heavy atom. The highest BCUT2D eigenvalue weighted by atomic mass is 32.3. The lowest BCUT2D eigenvalue weighted by Crippen LogP contribution is -2.63. The summed E-state index contributed by atoms with van der Waals surface area (Å²) in [5, 5.41) is 0. The van der Waals surface area contributed by atoms with Crippen LogP contribution in [0.4, 0.5) is 17.8 Å². The standard InChI is InChI=1S/C7H10N6O5S/c8-4-10-5(9)12-6(11-4)13-1-2-16-7(3-13)17-19(14,15)18-7/h1-3H2,(H4,8,9,10,11,12). The average Bonchev–Trinajstić information content (AvgIpc) is 2.25. The van der Waals surface area contributed by atoms with E-state index in [-0.39, 0.29) is 31.0 Å². The number of morpholine rings is 1. The quantitative estimate of drug-likeness (QED) is 0.579. The molecule has 11 nitrogen and oxygen atoms in total. The molecule has 3 heterocycles. The highest BCUT2D eigenvalue weighted by Gasteiger charge is 2.57. The summed E-state index contributed by atoms with van der Waals surface area (Å²) < 4.78 is 36.2. The Kier molecular flexibility index (Phi) is 2.50. The summed E-state index contributed by atoms with van der Waals surface area (Å²) in [6, 6.07) is 0. The van der Waals surface area contributed by atoms with Crippen molar-refractivity contribution in [3.8, 4) is 0 Å². The molecule has 1 spiro atoms. The number of aromatic nitrogens is 3. The first-order valence-corrected chi connectivity index (χ1v) is 6.53. The summed E-state index contributed by atoms with van der Waals surface area (Å²) in [6.45, 7) is 0.535. The molecule has 0 atom stereocenters. The second-order valence-electron chi connectivity index (χ2n) is 3.88. The predicted octanol–water partition coefficient (Wildman–Crippen LogP) is -2.18. The van der Waals surface area contributed by atoms with Gasteiger partial charge in [-0.25, -0.2) is 0 Å². The van der Waals surface area contributed by atoms with Gasteiger partial charge in [-0.15, -0.1) is 0 Å². The molecule has 3 rings (SSSR count). The Morgan fingerprint density at radius 1 is 1.16 bits per heavy atom.